The predicted molar refractivity (Wildman–Crippen MR) is 77.7 cm³/mol. The fourth-order valence-electron chi connectivity index (χ4n) is 3.76. The standard InChI is InChI=1S/C16H23N3O2/c20-15-2-1-7-19(15)14-5-8-18(9-6-14)11-13-10-17-21-16(13)12-3-4-12/h10,12,14H,1-9,11H2. The summed E-state index contributed by atoms with van der Waals surface area (Å²) in [7, 11) is 0. The first-order valence-corrected chi connectivity index (χ1v) is 8.26. The molecular weight excluding hydrogens is 266 g/mol. The minimum Gasteiger partial charge on any atom is -0.361 e. The molecule has 3 fully saturated rings. The molecule has 1 aliphatic carbocycles. The highest BCUT2D eigenvalue weighted by Gasteiger charge is 2.33. The van der Waals surface area contributed by atoms with Gasteiger partial charge in [-0.15, -0.1) is 0 Å². The number of hydrogen-bond acceptors (Lipinski definition) is 4. The summed E-state index contributed by atoms with van der Waals surface area (Å²) >= 11 is 0. The number of carbonyl (C=O) groups is 1. The van der Waals surface area contributed by atoms with Crippen molar-refractivity contribution >= 4 is 5.91 Å². The molecule has 21 heavy (non-hydrogen) atoms. The van der Waals surface area contributed by atoms with Crippen molar-refractivity contribution in [3.63, 3.8) is 0 Å². The van der Waals surface area contributed by atoms with Gasteiger partial charge in [-0.05, 0) is 32.1 Å². The van der Waals surface area contributed by atoms with Crippen LogP contribution >= 0.6 is 0 Å². The summed E-state index contributed by atoms with van der Waals surface area (Å²) in [5, 5.41) is 3.98. The summed E-state index contributed by atoms with van der Waals surface area (Å²) in [5.74, 6) is 2.11. The minimum atomic E-state index is 0.364. The molecule has 1 aromatic rings. The Hall–Kier alpha value is -1.36. The summed E-state index contributed by atoms with van der Waals surface area (Å²) in [4.78, 5) is 16.4. The number of aromatic nitrogens is 1. The second kappa shape index (κ2) is 5.44. The molecule has 2 saturated heterocycles. The number of likely N-dealkylation sites (tertiary alicyclic amines) is 2. The number of rotatable bonds is 4. The highest BCUT2D eigenvalue weighted by atomic mass is 16.5. The first-order chi connectivity index (χ1) is 10.3. The maximum absolute atomic E-state index is 11.8. The lowest BCUT2D eigenvalue weighted by Gasteiger charge is -2.36. The van der Waals surface area contributed by atoms with Gasteiger partial charge in [-0.25, -0.2) is 0 Å². The van der Waals surface area contributed by atoms with Crippen molar-refractivity contribution in [1.29, 1.82) is 0 Å². The summed E-state index contributed by atoms with van der Waals surface area (Å²) in [6, 6.07) is 0.474. The Balaban J connectivity index is 1.33. The van der Waals surface area contributed by atoms with Gasteiger partial charge in [0.2, 0.25) is 5.91 Å². The van der Waals surface area contributed by atoms with Gasteiger partial charge < -0.3 is 9.42 Å². The molecule has 1 amide bonds. The first kappa shape index (κ1) is 13.3. The van der Waals surface area contributed by atoms with E-state index in [9.17, 15) is 4.79 Å². The molecule has 0 aromatic carbocycles. The topological polar surface area (TPSA) is 49.6 Å². The zero-order valence-electron chi connectivity index (χ0n) is 12.5. The largest absolute Gasteiger partial charge is 0.361 e. The normalized spacial score (nSPS) is 25.0. The molecule has 3 aliphatic rings. The van der Waals surface area contributed by atoms with E-state index in [0.29, 0.717) is 17.9 Å². The molecule has 1 aromatic heterocycles. The van der Waals surface area contributed by atoms with E-state index in [-0.39, 0.29) is 0 Å². The highest BCUT2D eigenvalue weighted by molar-refractivity contribution is 5.78. The lowest BCUT2D eigenvalue weighted by molar-refractivity contribution is -0.130. The van der Waals surface area contributed by atoms with E-state index in [4.69, 9.17) is 4.52 Å². The number of carbonyl (C=O) groups excluding carboxylic acids is 1. The molecular formula is C16H23N3O2. The molecule has 2 aliphatic heterocycles. The van der Waals surface area contributed by atoms with E-state index in [2.05, 4.69) is 15.0 Å². The Kier molecular flexibility index (Phi) is 3.45. The van der Waals surface area contributed by atoms with E-state index in [1.165, 1.54) is 18.4 Å². The van der Waals surface area contributed by atoms with Gasteiger partial charge in [-0.2, -0.15) is 0 Å². The molecule has 0 unspecified atom stereocenters. The van der Waals surface area contributed by atoms with Crippen LogP contribution in [-0.4, -0.2) is 46.5 Å². The Labute approximate surface area is 125 Å². The molecule has 4 rings (SSSR count). The van der Waals surface area contributed by atoms with Gasteiger partial charge in [0, 0.05) is 50.1 Å². The molecule has 114 valence electrons. The molecule has 0 bridgehead atoms. The van der Waals surface area contributed by atoms with Crippen LogP contribution in [-0.2, 0) is 11.3 Å². The smallest absolute Gasteiger partial charge is 0.222 e. The SMILES string of the molecule is O=C1CCCN1C1CCN(Cc2cnoc2C2CC2)CC1. The van der Waals surface area contributed by atoms with E-state index in [1.54, 1.807) is 0 Å². The lowest BCUT2D eigenvalue weighted by atomic mass is 10.0. The predicted octanol–water partition coefficient (Wildman–Crippen LogP) is 2.14. The van der Waals surface area contributed by atoms with Gasteiger partial charge in [0.15, 0.2) is 0 Å². The van der Waals surface area contributed by atoms with Gasteiger partial charge in [0.1, 0.15) is 5.76 Å². The Bertz CT molecular complexity index is 515. The highest BCUT2D eigenvalue weighted by Crippen LogP contribution is 2.42. The fourth-order valence-corrected chi connectivity index (χ4v) is 3.76. The molecule has 5 nitrogen and oxygen atoms in total. The van der Waals surface area contributed by atoms with Gasteiger partial charge in [0.05, 0.1) is 6.20 Å². The Morgan fingerprint density at radius 3 is 2.67 bits per heavy atom. The fraction of sp³-hybridized carbons (Fsp3) is 0.750. The summed E-state index contributed by atoms with van der Waals surface area (Å²) in [6.07, 6.45) is 8.41. The lowest BCUT2D eigenvalue weighted by Crippen LogP contribution is -2.45. The summed E-state index contributed by atoms with van der Waals surface area (Å²) in [5.41, 5.74) is 1.27. The van der Waals surface area contributed by atoms with Gasteiger partial charge in [-0.3, -0.25) is 9.69 Å². The average molecular weight is 289 g/mol. The average Bonchev–Trinajstić information content (AvgIpc) is 3.09. The first-order valence-electron chi connectivity index (χ1n) is 8.26. The monoisotopic (exact) mass is 289 g/mol. The van der Waals surface area contributed by atoms with Crippen molar-refractivity contribution in [2.24, 2.45) is 0 Å². The second-order valence-electron chi connectivity index (χ2n) is 6.69. The van der Waals surface area contributed by atoms with Crippen LogP contribution in [0.25, 0.3) is 0 Å². The van der Waals surface area contributed by atoms with Gasteiger partial charge in [-0.1, -0.05) is 5.16 Å². The van der Waals surface area contributed by atoms with E-state index >= 15 is 0 Å². The maximum Gasteiger partial charge on any atom is 0.222 e. The molecule has 0 N–H and O–H groups in total. The second-order valence-corrected chi connectivity index (χ2v) is 6.69. The van der Waals surface area contributed by atoms with Crippen molar-refractivity contribution < 1.29 is 9.32 Å². The summed E-state index contributed by atoms with van der Waals surface area (Å²) < 4.78 is 5.42. The minimum absolute atomic E-state index is 0.364. The van der Waals surface area contributed by atoms with Gasteiger partial charge >= 0.3 is 0 Å². The van der Waals surface area contributed by atoms with E-state index in [1.807, 2.05) is 6.20 Å². The molecule has 0 radical (unpaired) electrons. The number of piperidine rings is 1. The number of nitrogens with zero attached hydrogens (tertiary/aromatic N) is 3. The Morgan fingerprint density at radius 2 is 2.00 bits per heavy atom. The van der Waals surface area contributed by atoms with Crippen molar-refractivity contribution in [3.8, 4) is 0 Å². The maximum atomic E-state index is 11.8. The van der Waals surface area contributed by atoms with Crippen LogP contribution in [0.3, 0.4) is 0 Å². The van der Waals surface area contributed by atoms with Gasteiger partial charge in [0.25, 0.3) is 0 Å². The van der Waals surface area contributed by atoms with Crippen molar-refractivity contribution in [1.82, 2.24) is 15.0 Å². The van der Waals surface area contributed by atoms with E-state index < -0.39 is 0 Å². The molecule has 1 saturated carbocycles. The van der Waals surface area contributed by atoms with Crippen molar-refractivity contribution in [2.75, 3.05) is 19.6 Å². The number of hydrogen-bond donors (Lipinski definition) is 0. The molecule has 0 spiro atoms. The van der Waals surface area contributed by atoms with Crippen LogP contribution in [0.1, 0.15) is 55.8 Å². The van der Waals surface area contributed by atoms with Crippen molar-refractivity contribution in [2.45, 2.75) is 57.0 Å². The quantitative estimate of drug-likeness (QED) is 0.852. The van der Waals surface area contributed by atoms with Crippen LogP contribution in [0.5, 0.6) is 0 Å². The third kappa shape index (κ3) is 2.71. The van der Waals surface area contributed by atoms with Crippen LogP contribution in [0, 0.1) is 0 Å². The third-order valence-electron chi connectivity index (χ3n) is 5.13. The van der Waals surface area contributed by atoms with Crippen LogP contribution < -0.4 is 0 Å². The molecule has 5 heteroatoms. The molecule has 0 atom stereocenters. The summed E-state index contributed by atoms with van der Waals surface area (Å²) in [6.45, 7) is 4.07. The van der Waals surface area contributed by atoms with E-state index in [0.717, 1.165) is 57.6 Å². The van der Waals surface area contributed by atoms with Crippen molar-refractivity contribution in [3.05, 3.63) is 17.5 Å². The third-order valence-corrected chi connectivity index (χ3v) is 5.13. The molecule has 3 heterocycles. The Morgan fingerprint density at radius 1 is 1.19 bits per heavy atom. The van der Waals surface area contributed by atoms with Crippen LogP contribution in [0.15, 0.2) is 10.7 Å². The van der Waals surface area contributed by atoms with Crippen LogP contribution in [0.2, 0.25) is 0 Å². The zero-order chi connectivity index (χ0) is 14.2. The van der Waals surface area contributed by atoms with Crippen LogP contribution in [0.4, 0.5) is 0 Å². The zero-order valence-corrected chi connectivity index (χ0v) is 12.5. The number of amides is 1.